The van der Waals surface area contributed by atoms with Crippen LogP contribution < -0.4 is 15.1 Å². The number of rotatable bonds is 9. The molecule has 0 bridgehead atoms. The quantitative estimate of drug-likeness (QED) is 0.581. The van der Waals surface area contributed by atoms with E-state index in [1.807, 2.05) is 27.7 Å². The van der Waals surface area contributed by atoms with Crippen molar-refractivity contribution in [3.05, 3.63) is 23.8 Å². The summed E-state index contributed by atoms with van der Waals surface area (Å²) in [4.78, 5) is 43.3. The van der Waals surface area contributed by atoms with Gasteiger partial charge < -0.3 is 20.0 Å². The Hall–Kier alpha value is -2.41. The first kappa shape index (κ1) is 23.7. The first-order chi connectivity index (χ1) is 15.9. The third kappa shape index (κ3) is 5.24. The maximum absolute atomic E-state index is 13.1. The van der Waals surface area contributed by atoms with Crippen LogP contribution in [0.2, 0.25) is 0 Å². The zero-order valence-corrected chi connectivity index (χ0v) is 20.3. The summed E-state index contributed by atoms with van der Waals surface area (Å²) in [6.45, 7) is 9.61. The van der Waals surface area contributed by atoms with E-state index >= 15 is 0 Å². The van der Waals surface area contributed by atoms with Gasteiger partial charge in [-0.25, -0.2) is 0 Å². The molecule has 7 nitrogen and oxygen atoms in total. The second kappa shape index (κ2) is 10.2. The van der Waals surface area contributed by atoms with Crippen LogP contribution in [0, 0.1) is 5.92 Å². The molecule has 4 rings (SSSR count). The van der Waals surface area contributed by atoms with Gasteiger partial charge in [-0.05, 0) is 56.2 Å². The van der Waals surface area contributed by atoms with Gasteiger partial charge in [0.05, 0.1) is 17.4 Å². The van der Waals surface area contributed by atoms with Crippen LogP contribution in [0.15, 0.2) is 18.2 Å². The van der Waals surface area contributed by atoms with Crippen molar-refractivity contribution in [2.75, 3.05) is 42.5 Å². The highest BCUT2D eigenvalue weighted by atomic mass is 16.2. The smallest absolute Gasteiger partial charge is 0.230 e. The Kier molecular flexibility index (Phi) is 7.37. The van der Waals surface area contributed by atoms with Gasteiger partial charge in [0.2, 0.25) is 17.7 Å². The minimum absolute atomic E-state index is 0.00802. The molecule has 3 amide bonds. The number of amides is 3. The molecule has 0 spiro atoms. The van der Waals surface area contributed by atoms with Gasteiger partial charge >= 0.3 is 0 Å². The largest absolute Gasteiger partial charge is 0.343 e. The van der Waals surface area contributed by atoms with Crippen LogP contribution in [0.4, 0.5) is 11.4 Å². The van der Waals surface area contributed by atoms with Crippen molar-refractivity contribution in [3.8, 4) is 0 Å². The maximum atomic E-state index is 13.1. The monoisotopic (exact) mass is 454 g/mol. The van der Waals surface area contributed by atoms with E-state index in [1.54, 1.807) is 6.92 Å². The van der Waals surface area contributed by atoms with Gasteiger partial charge in [0.15, 0.2) is 0 Å². The molecule has 0 radical (unpaired) electrons. The van der Waals surface area contributed by atoms with Crippen molar-refractivity contribution >= 4 is 29.1 Å². The molecule has 180 valence electrons. The van der Waals surface area contributed by atoms with E-state index < -0.39 is 0 Å². The number of fused-ring (bicyclic) bond motifs is 1. The number of hydrogen-bond donors (Lipinski definition) is 1. The van der Waals surface area contributed by atoms with E-state index in [0.717, 1.165) is 63.1 Å². The van der Waals surface area contributed by atoms with Gasteiger partial charge in [0.1, 0.15) is 0 Å². The topological polar surface area (TPSA) is 73.0 Å². The Morgan fingerprint density at radius 3 is 2.52 bits per heavy atom. The van der Waals surface area contributed by atoms with Gasteiger partial charge in [-0.1, -0.05) is 19.4 Å². The summed E-state index contributed by atoms with van der Waals surface area (Å²) >= 11 is 0. The average molecular weight is 455 g/mol. The minimum atomic E-state index is -0.0411. The standard InChI is InChI=1S/C26H38N4O3/c1-4-6-22(16-27-12-11-25(32)28-13-5-14-28)21-9-10-23-24(15-21)29(26(33)20-7-8-20)17-18(2)30(23)19(3)31/h9-10,15,18,20,22,27H,4-8,11-14,16-17H2,1-3H3/t18-,22?/m0/s1. The molecule has 2 heterocycles. The number of nitrogens with zero attached hydrogens (tertiary/aromatic N) is 3. The number of carbonyl (C=O) groups is 3. The Morgan fingerprint density at radius 1 is 1.15 bits per heavy atom. The van der Waals surface area contributed by atoms with E-state index in [2.05, 4.69) is 24.4 Å². The van der Waals surface area contributed by atoms with E-state index in [9.17, 15) is 14.4 Å². The minimum Gasteiger partial charge on any atom is -0.343 e. The van der Waals surface area contributed by atoms with Gasteiger partial charge in [0.25, 0.3) is 0 Å². The fourth-order valence-electron chi connectivity index (χ4n) is 5.07. The highest BCUT2D eigenvalue weighted by Crippen LogP contribution is 2.41. The van der Waals surface area contributed by atoms with Crippen molar-refractivity contribution in [3.63, 3.8) is 0 Å². The molecule has 1 saturated carbocycles. The van der Waals surface area contributed by atoms with Crippen molar-refractivity contribution in [1.82, 2.24) is 10.2 Å². The first-order valence-electron chi connectivity index (χ1n) is 12.6. The zero-order chi connectivity index (χ0) is 23.5. The summed E-state index contributed by atoms with van der Waals surface area (Å²) in [6.07, 6.45) is 5.67. The molecule has 1 aromatic carbocycles. The normalized spacial score (nSPS) is 20.8. The molecule has 2 aliphatic heterocycles. The van der Waals surface area contributed by atoms with Crippen LogP contribution >= 0.6 is 0 Å². The molecule has 1 aliphatic carbocycles. The SMILES string of the molecule is CCCC(CNCCC(=O)N1CCC1)c1ccc2c(c1)N(C(=O)C1CC1)C[C@H](C)N2C(C)=O. The average Bonchev–Trinajstić information content (AvgIpc) is 3.58. The summed E-state index contributed by atoms with van der Waals surface area (Å²) in [7, 11) is 0. The van der Waals surface area contributed by atoms with Crippen LogP contribution in [-0.4, -0.2) is 61.4 Å². The molecular weight excluding hydrogens is 416 g/mol. The number of hydrogen-bond acceptors (Lipinski definition) is 4. The number of likely N-dealkylation sites (tertiary alicyclic amines) is 1. The van der Waals surface area contributed by atoms with E-state index in [1.165, 1.54) is 5.56 Å². The molecule has 2 fully saturated rings. The van der Waals surface area contributed by atoms with Gasteiger partial charge in [-0.3, -0.25) is 14.4 Å². The van der Waals surface area contributed by atoms with Crippen LogP contribution in [0.25, 0.3) is 0 Å². The maximum Gasteiger partial charge on any atom is 0.230 e. The zero-order valence-electron chi connectivity index (χ0n) is 20.3. The van der Waals surface area contributed by atoms with E-state index in [4.69, 9.17) is 0 Å². The molecule has 3 aliphatic rings. The summed E-state index contributed by atoms with van der Waals surface area (Å²) in [5.41, 5.74) is 2.89. The summed E-state index contributed by atoms with van der Waals surface area (Å²) in [5.74, 6) is 0.867. The summed E-state index contributed by atoms with van der Waals surface area (Å²) in [6, 6.07) is 6.22. The van der Waals surface area contributed by atoms with E-state index in [-0.39, 0.29) is 29.7 Å². The molecule has 33 heavy (non-hydrogen) atoms. The lowest BCUT2D eigenvalue weighted by molar-refractivity contribution is -0.134. The Balaban J connectivity index is 1.50. The van der Waals surface area contributed by atoms with E-state index in [0.29, 0.717) is 25.4 Å². The third-order valence-electron chi connectivity index (χ3n) is 7.19. The summed E-state index contributed by atoms with van der Waals surface area (Å²) in [5, 5.41) is 3.49. The fourth-order valence-corrected chi connectivity index (χ4v) is 5.07. The van der Waals surface area contributed by atoms with Crippen molar-refractivity contribution in [2.45, 2.75) is 71.3 Å². The molecule has 2 atom stereocenters. The van der Waals surface area contributed by atoms with Crippen LogP contribution in [0.1, 0.15) is 70.8 Å². The number of carbonyl (C=O) groups excluding carboxylic acids is 3. The lowest BCUT2D eigenvalue weighted by Gasteiger charge is -2.41. The van der Waals surface area contributed by atoms with Crippen molar-refractivity contribution in [2.24, 2.45) is 5.92 Å². The number of benzene rings is 1. The number of anilines is 2. The predicted octanol–water partition coefficient (Wildman–Crippen LogP) is 3.28. The molecule has 7 heteroatoms. The Morgan fingerprint density at radius 2 is 1.91 bits per heavy atom. The molecule has 1 N–H and O–H groups in total. The molecular formula is C26H38N4O3. The Labute approximate surface area is 197 Å². The fraction of sp³-hybridized carbons (Fsp3) is 0.654. The second-order valence-electron chi connectivity index (χ2n) is 9.88. The van der Waals surface area contributed by atoms with Crippen LogP contribution in [0.3, 0.4) is 0 Å². The number of nitrogens with one attached hydrogen (secondary N) is 1. The van der Waals surface area contributed by atoms with Crippen LogP contribution in [-0.2, 0) is 14.4 Å². The van der Waals surface area contributed by atoms with Crippen molar-refractivity contribution < 1.29 is 14.4 Å². The summed E-state index contributed by atoms with van der Waals surface area (Å²) < 4.78 is 0. The second-order valence-corrected chi connectivity index (χ2v) is 9.88. The van der Waals surface area contributed by atoms with Crippen molar-refractivity contribution in [1.29, 1.82) is 0 Å². The first-order valence-corrected chi connectivity index (χ1v) is 12.6. The molecule has 1 aromatic rings. The lowest BCUT2D eigenvalue weighted by atomic mass is 9.92. The predicted molar refractivity (Wildman–Crippen MR) is 130 cm³/mol. The molecule has 1 unspecified atom stereocenters. The third-order valence-corrected chi connectivity index (χ3v) is 7.19. The van der Waals surface area contributed by atoms with Gasteiger partial charge in [-0.15, -0.1) is 0 Å². The highest BCUT2D eigenvalue weighted by Gasteiger charge is 2.40. The van der Waals surface area contributed by atoms with Gasteiger partial charge in [0, 0.05) is 52.0 Å². The highest BCUT2D eigenvalue weighted by molar-refractivity contribution is 6.05. The molecule has 1 saturated heterocycles. The lowest BCUT2D eigenvalue weighted by Crippen LogP contribution is -2.51. The van der Waals surface area contributed by atoms with Gasteiger partial charge in [-0.2, -0.15) is 0 Å². The van der Waals surface area contributed by atoms with Crippen LogP contribution in [0.5, 0.6) is 0 Å². The molecule has 0 aromatic heterocycles. The Bertz CT molecular complexity index is 894.